The van der Waals surface area contributed by atoms with Gasteiger partial charge in [0.1, 0.15) is 0 Å². The number of fused-ring (bicyclic) bond motifs is 1. The fraction of sp³-hybridized carbons (Fsp3) is 0.0769. The van der Waals surface area contributed by atoms with Crippen molar-refractivity contribution in [2.75, 3.05) is 5.73 Å². The number of nitrogens with zero attached hydrogens (tertiary/aromatic N) is 2. The summed E-state index contributed by atoms with van der Waals surface area (Å²) in [6, 6.07) is 10.6. The third-order valence-electron chi connectivity index (χ3n) is 2.83. The smallest absolute Gasteiger partial charge is 0.398 e. The van der Waals surface area contributed by atoms with E-state index in [0.717, 1.165) is 10.8 Å². The van der Waals surface area contributed by atoms with Crippen LogP contribution < -0.4 is 5.73 Å². The summed E-state index contributed by atoms with van der Waals surface area (Å²) in [4.78, 5) is 3.34. The summed E-state index contributed by atoms with van der Waals surface area (Å²) in [7, 11) is 0. The number of halogens is 3. The molecule has 0 saturated heterocycles. The molecule has 0 aliphatic rings. The lowest BCUT2D eigenvalue weighted by Gasteiger charge is -2.04. The molecule has 2 N–H and O–H groups in total. The van der Waals surface area contributed by atoms with Gasteiger partial charge >= 0.3 is 6.18 Å². The van der Waals surface area contributed by atoms with Gasteiger partial charge in [0.05, 0.1) is 5.56 Å². The van der Waals surface area contributed by atoms with E-state index in [2.05, 4.69) is 14.7 Å². The molecule has 0 atom stereocenters. The molecule has 0 aliphatic carbocycles. The summed E-state index contributed by atoms with van der Waals surface area (Å²) in [5, 5.41) is 4.62. The van der Waals surface area contributed by atoms with Crippen molar-refractivity contribution in [2.45, 2.75) is 6.18 Å². The Kier molecular flexibility index (Phi) is 2.63. The van der Waals surface area contributed by atoms with Crippen molar-refractivity contribution in [3.63, 3.8) is 0 Å². The van der Waals surface area contributed by atoms with Gasteiger partial charge in [-0.25, -0.2) is 0 Å². The Labute approximate surface area is 111 Å². The Morgan fingerprint density at radius 1 is 1.05 bits per heavy atom. The number of nitrogen functional groups attached to an aromatic ring is 1. The molecule has 0 fully saturated rings. The van der Waals surface area contributed by atoms with Crippen molar-refractivity contribution < 1.29 is 17.7 Å². The number of nitrogens with two attached hydrogens (primary N) is 1. The van der Waals surface area contributed by atoms with Crippen molar-refractivity contribution in [1.29, 1.82) is 0 Å². The quantitative estimate of drug-likeness (QED) is 0.692. The highest BCUT2D eigenvalue weighted by Gasteiger charge is 2.37. The van der Waals surface area contributed by atoms with Crippen molar-refractivity contribution in [1.82, 2.24) is 10.1 Å². The van der Waals surface area contributed by atoms with Gasteiger partial charge in [0.2, 0.25) is 0 Å². The van der Waals surface area contributed by atoms with Crippen molar-refractivity contribution in [3.8, 4) is 11.5 Å². The number of hydrogen-bond acceptors (Lipinski definition) is 4. The summed E-state index contributed by atoms with van der Waals surface area (Å²) in [5.41, 5.74) is 6.39. The summed E-state index contributed by atoms with van der Waals surface area (Å²) in [6.07, 6.45) is -4.65. The van der Waals surface area contributed by atoms with Gasteiger partial charge in [0.15, 0.2) is 0 Å². The predicted octanol–water partition coefficient (Wildman–Crippen LogP) is 3.49. The van der Waals surface area contributed by atoms with E-state index in [4.69, 9.17) is 5.73 Å². The van der Waals surface area contributed by atoms with Crippen LogP contribution in [0.4, 0.5) is 18.9 Å². The molecule has 1 aromatic heterocycles. The molecule has 0 amide bonds. The average Bonchev–Trinajstić information content (AvgIpc) is 2.87. The summed E-state index contributed by atoms with van der Waals surface area (Å²) in [5.74, 6) is -1.57. The molecule has 0 bridgehead atoms. The molecule has 102 valence electrons. The third kappa shape index (κ3) is 2.07. The van der Waals surface area contributed by atoms with Gasteiger partial charge in [-0.3, -0.25) is 0 Å². The molecule has 3 aromatic rings. The Hall–Kier alpha value is -2.57. The van der Waals surface area contributed by atoms with Crippen LogP contribution >= 0.6 is 0 Å². The second-order valence-corrected chi connectivity index (χ2v) is 4.21. The molecule has 0 unspecified atom stereocenters. The first kappa shape index (κ1) is 12.5. The van der Waals surface area contributed by atoms with Crippen LogP contribution in [0.2, 0.25) is 0 Å². The first-order chi connectivity index (χ1) is 9.45. The molecule has 2 aromatic carbocycles. The highest BCUT2D eigenvalue weighted by Crippen LogP contribution is 2.32. The summed E-state index contributed by atoms with van der Waals surface area (Å²) in [6.45, 7) is 0. The van der Waals surface area contributed by atoms with Crippen LogP contribution in [0.15, 0.2) is 40.9 Å². The Morgan fingerprint density at radius 2 is 1.70 bits per heavy atom. The monoisotopic (exact) mass is 279 g/mol. The fourth-order valence-corrected chi connectivity index (χ4v) is 1.89. The number of rotatable bonds is 1. The second-order valence-electron chi connectivity index (χ2n) is 4.21. The van der Waals surface area contributed by atoms with Gasteiger partial charge in [-0.05, 0) is 22.9 Å². The molecular formula is C13H8F3N3O. The van der Waals surface area contributed by atoms with Gasteiger partial charge in [0, 0.05) is 5.69 Å². The zero-order chi connectivity index (χ0) is 14.3. The molecule has 0 saturated carbocycles. The first-order valence-electron chi connectivity index (χ1n) is 5.65. The van der Waals surface area contributed by atoms with E-state index in [0.29, 0.717) is 0 Å². The van der Waals surface area contributed by atoms with E-state index < -0.39 is 12.0 Å². The Bertz CT molecular complexity index is 780. The zero-order valence-corrected chi connectivity index (χ0v) is 9.98. The highest BCUT2D eigenvalue weighted by atomic mass is 19.4. The topological polar surface area (TPSA) is 64.9 Å². The van der Waals surface area contributed by atoms with Gasteiger partial charge in [0.25, 0.3) is 11.7 Å². The number of alkyl halides is 3. The normalized spacial score (nSPS) is 11.9. The number of anilines is 1. The number of hydrogen-bond donors (Lipinski definition) is 1. The molecular weight excluding hydrogens is 271 g/mol. The van der Waals surface area contributed by atoms with Crippen LogP contribution in [0.1, 0.15) is 5.82 Å². The van der Waals surface area contributed by atoms with E-state index in [1.165, 1.54) is 0 Å². The van der Waals surface area contributed by atoms with Crippen LogP contribution in [0.3, 0.4) is 0 Å². The summed E-state index contributed by atoms with van der Waals surface area (Å²) >= 11 is 0. The largest absolute Gasteiger partial charge is 0.455 e. The highest BCUT2D eigenvalue weighted by molar-refractivity contribution is 5.92. The third-order valence-corrected chi connectivity index (χ3v) is 2.83. The molecule has 20 heavy (non-hydrogen) atoms. The minimum atomic E-state index is -4.65. The van der Waals surface area contributed by atoms with Crippen molar-refractivity contribution >= 4 is 16.5 Å². The minimum Gasteiger partial charge on any atom is -0.398 e. The first-order valence-corrected chi connectivity index (χ1v) is 5.65. The molecule has 1 heterocycles. The maximum Gasteiger partial charge on any atom is 0.455 e. The standard InChI is InChI=1S/C13H8F3N3O/c14-13(15,16)12-18-11(20-19-12)9-5-7-3-1-2-4-8(7)6-10(9)17/h1-6H,17H2. The summed E-state index contributed by atoms with van der Waals surface area (Å²) < 4.78 is 42.0. The van der Waals surface area contributed by atoms with E-state index in [1.807, 2.05) is 24.3 Å². The molecule has 0 spiro atoms. The molecule has 4 nitrogen and oxygen atoms in total. The van der Waals surface area contributed by atoms with Gasteiger partial charge in [-0.15, -0.1) is 0 Å². The van der Waals surface area contributed by atoms with E-state index in [9.17, 15) is 13.2 Å². The molecule has 0 aliphatic heterocycles. The molecule has 0 radical (unpaired) electrons. The maximum absolute atomic E-state index is 12.5. The van der Waals surface area contributed by atoms with Gasteiger partial charge in [-0.1, -0.05) is 29.4 Å². The van der Waals surface area contributed by atoms with Crippen molar-refractivity contribution in [2.24, 2.45) is 0 Å². The van der Waals surface area contributed by atoms with Crippen LogP contribution in [-0.4, -0.2) is 10.1 Å². The lowest BCUT2D eigenvalue weighted by Crippen LogP contribution is -2.07. The maximum atomic E-state index is 12.5. The SMILES string of the molecule is Nc1cc2ccccc2cc1-c1nc(C(F)(F)F)no1. The van der Waals surface area contributed by atoms with Crippen LogP contribution in [0.25, 0.3) is 22.2 Å². The van der Waals surface area contributed by atoms with Crippen LogP contribution in [-0.2, 0) is 6.18 Å². The van der Waals surface area contributed by atoms with Crippen LogP contribution in [0, 0.1) is 0 Å². The van der Waals surface area contributed by atoms with Gasteiger partial charge in [-0.2, -0.15) is 18.2 Å². The Morgan fingerprint density at radius 3 is 2.30 bits per heavy atom. The van der Waals surface area contributed by atoms with E-state index in [1.54, 1.807) is 12.1 Å². The number of aromatic nitrogens is 2. The fourth-order valence-electron chi connectivity index (χ4n) is 1.89. The second kappa shape index (κ2) is 4.22. The number of benzene rings is 2. The lowest BCUT2D eigenvalue weighted by atomic mass is 10.1. The zero-order valence-electron chi connectivity index (χ0n) is 9.98. The van der Waals surface area contributed by atoms with Crippen molar-refractivity contribution in [3.05, 3.63) is 42.2 Å². The minimum absolute atomic E-state index is 0.249. The average molecular weight is 279 g/mol. The van der Waals surface area contributed by atoms with E-state index >= 15 is 0 Å². The molecule has 3 rings (SSSR count). The predicted molar refractivity (Wildman–Crippen MR) is 66.7 cm³/mol. The molecule has 7 heteroatoms. The Balaban J connectivity index is 2.14. The van der Waals surface area contributed by atoms with E-state index in [-0.39, 0.29) is 17.1 Å². The lowest BCUT2D eigenvalue weighted by molar-refractivity contribution is -0.146. The van der Waals surface area contributed by atoms with Crippen LogP contribution in [0.5, 0.6) is 0 Å². The van der Waals surface area contributed by atoms with Gasteiger partial charge < -0.3 is 10.3 Å².